The molecule has 0 aromatic carbocycles. The van der Waals surface area contributed by atoms with Crippen molar-refractivity contribution >= 4 is 18.1 Å². The summed E-state index contributed by atoms with van der Waals surface area (Å²) in [7, 11) is 0. The Morgan fingerprint density at radius 1 is 1.54 bits per heavy atom. The highest BCUT2D eigenvalue weighted by Gasteiger charge is 2.36. The Kier molecular flexibility index (Phi) is 3.13. The van der Waals surface area contributed by atoms with Crippen molar-refractivity contribution in [3.05, 3.63) is 0 Å². The molecule has 0 saturated carbocycles. The number of carbonyl (C=O) groups excluding carboxylic acids is 3. The first kappa shape index (κ1) is 9.85. The van der Waals surface area contributed by atoms with Gasteiger partial charge in [0.25, 0.3) is 5.91 Å². The van der Waals surface area contributed by atoms with Crippen LogP contribution in [0.3, 0.4) is 0 Å². The van der Waals surface area contributed by atoms with Gasteiger partial charge < -0.3 is 5.11 Å². The molecule has 1 heterocycles. The zero-order valence-electron chi connectivity index (χ0n) is 7.02. The van der Waals surface area contributed by atoms with Crippen LogP contribution in [0, 0.1) is 0 Å². The van der Waals surface area contributed by atoms with Gasteiger partial charge in [0.15, 0.2) is 6.29 Å². The number of rotatable bonds is 4. The van der Waals surface area contributed by atoms with Crippen molar-refractivity contribution in [3.8, 4) is 0 Å². The molecule has 1 saturated heterocycles. The van der Waals surface area contributed by atoms with E-state index in [1.807, 2.05) is 0 Å². The lowest BCUT2D eigenvalue weighted by molar-refractivity contribution is -0.140. The summed E-state index contributed by atoms with van der Waals surface area (Å²) in [5, 5.41) is 9.01. The number of likely N-dealkylation sites (tertiary alicyclic amines) is 1. The van der Waals surface area contributed by atoms with Crippen molar-refractivity contribution in [2.24, 2.45) is 0 Å². The van der Waals surface area contributed by atoms with Crippen LogP contribution in [0.25, 0.3) is 0 Å². The largest absolute Gasteiger partial charge is 0.383 e. The van der Waals surface area contributed by atoms with Crippen LogP contribution in [0.4, 0.5) is 0 Å². The summed E-state index contributed by atoms with van der Waals surface area (Å²) in [6.45, 7) is 0.198. The van der Waals surface area contributed by atoms with Crippen LogP contribution < -0.4 is 0 Å². The molecule has 5 nitrogen and oxygen atoms in total. The van der Waals surface area contributed by atoms with E-state index in [1.54, 1.807) is 6.29 Å². The highest BCUT2D eigenvalue weighted by atomic mass is 16.3. The van der Waals surface area contributed by atoms with Crippen molar-refractivity contribution in [2.45, 2.75) is 25.4 Å². The van der Waals surface area contributed by atoms with Crippen LogP contribution in [0.2, 0.25) is 0 Å². The third-order valence-electron chi connectivity index (χ3n) is 1.88. The SMILES string of the molecule is O=[C]CCCN1C(=O)CC(O)C1=O. The predicted octanol–water partition coefficient (Wildman–Crippen LogP) is -1.00. The molecule has 1 fully saturated rings. The first-order chi connectivity index (χ1) is 6.16. The Morgan fingerprint density at radius 2 is 2.23 bits per heavy atom. The molecule has 1 unspecified atom stereocenters. The van der Waals surface area contributed by atoms with Crippen LogP contribution in [0.15, 0.2) is 0 Å². The minimum Gasteiger partial charge on any atom is -0.383 e. The Morgan fingerprint density at radius 3 is 2.69 bits per heavy atom. The van der Waals surface area contributed by atoms with Gasteiger partial charge >= 0.3 is 0 Å². The van der Waals surface area contributed by atoms with Gasteiger partial charge in [0.2, 0.25) is 5.91 Å². The maximum Gasteiger partial charge on any atom is 0.258 e. The lowest BCUT2D eigenvalue weighted by Crippen LogP contribution is -2.32. The van der Waals surface area contributed by atoms with E-state index in [4.69, 9.17) is 5.11 Å². The molecule has 0 aliphatic carbocycles. The fourth-order valence-electron chi connectivity index (χ4n) is 1.21. The Hall–Kier alpha value is -1.23. The molecule has 1 radical (unpaired) electrons. The van der Waals surface area contributed by atoms with Crippen LogP contribution in [0.5, 0.6) is 0 Å². The normalized spacial score (nSPS) is 22.5. The van der Waals surface area contributed by atoms with E-state index in [2.05, 4.69) is 0 Å². The molecule has 71 valence electrons. The van der Waals surface area contributed by atoms with Crippen LogP contribution in [-0.4, -0.2) is 40.8 Å². The van der Waals surface area contributed by atoms with Gasteiger partial charge in [0.05, 0.1) is 6.42 Å². The molecule has 13 heavy (non-hydrogen) atoms. The minimum atomic E-state index is -1.19. The highest BCUT2D eigenvalue weighted by Crippen LogP contribution is 2.12. The second-order valence-corrected chi connectivity index (χ2v) is 2.85. The summed E-state index contributed by atoms with van der Waals surface area (Å²) >= 11 is 0. The van der Waals surface area contributed by atoms with Gasteiger partial charge in [-0.1, -0.05) is 0 Å². The van der Waals surface area contributed by atoms with Gasteiger partial charge in [-0.2, -0.15) is 0 Å². The van der Waals surface area contributed by atoms with Crippen LogP contribution >= 0.6 is 0 Å². The summed E-state index contributed by atoms with van der Waals surface area (Å²) < 4.78 is 0. The molecule has 0 aromatic rings. The molecular formula is C8H10NO4. The standard InChI is InChI=1S/C8H10NO4/c10-4-2-1-3-9-7(12)5-6(11)8(9)13/h6,11H,1-3,5H2. The molecular weight excluding hydrogens is 174 g/mol. The summed E-state index contributed by atoms with van der Waals surface area (Å²) in [6.07, 6.45) is 0.960. The molecule has 1 atom stereocenters. The zero-order valence-corrected chi connectivity index (χ0v) is 7.02. The first-order valence-electron chi connectivity index (χ1n) is 4.04. The predicted molar refractivity (Wildman–Crippen MR) is 42.3 cm³/mol. The average Bonchev–Trinajstić information content (AvgIpc) is 2.32. The number of aliphatic hydroxyl groups excluding tert-OH is 1. The van der Waals surface area contributed by atoms with Gasteiger partial charge in [-0.25, -0.2) is 0 Å². The van der Waals surface area contributed by atoms with E-state index < -0.39 is 12.0 Å². The third kappa shape index (κ3) is 2.12. The lowest BCUT2D eigenvalue weighted by Gasteiger charge is -2.11. The third-order valence-corrected chi connectivity index (χ3v) is 1.88. The number of hydrogen-bond acceptors (Lipinski definition) is 4. The zero-order chi connectivity index (χ0) is 9.84. The maximum atomic E-state index is 11.1. The van der Waals surface area contributed by atoms with Crippen molar-refractivity contribution in [2.75, 3.05) is 6.54 Å². The van der Waals surface area contributed by atoms with Crippen molar-refractivity contribution in [1.29, 1.82) is 0 Å². The van der Waals surface area contributed by atoms with Gasteiger partial charge in [-0.05, 0) is 6.42 Å². The van der Waals surface area contributed by atoms with E-state index in [1.165, 1.54) is 0 Å². The van der Waals surface area contributed by atoms with Crippen molar-refractivity contribution < 1.29 is 19.5 Å². The van der Waals surface area contributed by atoms with Crippen LogP contribution in [0.1, 0.15) is 19.3 Å². The van der Waals surface area contributed by atoms with Crippen LogP contribution in [-0.2, 0) is 14.4 Å². The average molecular weight is 184 g/mol. The molecule has 0 aromatic heterocycles. The van der Waals surface area contributed by atoms with E-state index in [9.17, 15) is 14.4 Å². The highest BCUT2D eigenvalue weighted by molar-refractivity contribution is 6.04. The monoisotopic (exact) mass is 184 g/mol. The topological polar surface area (TPSA) is 74.7 Å². The second-order valence-electron chi connectivity index (χ2n) is 2.85. The van der Waals surface area contributed by atoms with E-state index in [0.717, 1.165) is 4.90 Å². The quantitative estimate of drug-likeness (QED) is 0.449. The molecule has 0 bridgehead atoms. The summed E-state index contributed by atoms with van der Waals surface area (Å²) in [6, 6.07) is 0. The second kappa shape index (κ2) is 4.13. The van der Waals surface area contributed by atoms with E-state index in [-0.39, 0.29) is 25.3 Å². The number of carbonyl (C=O) groups is 2. The maximum absolute atomic E-state index is 11.1. The van der Waals surface area contributed by atoms with Gasteiger partial charge in [-0.3, -0.25) is 19.3 Å². The fourth-order valence-corrected chi connectivity index (χ4v) is 1.21. The molecule has 1 aliphatic rings. The number of amides is 2. The minimum absolute atomic E-state index is 0.135. The first-order valence-corrected chi connectivity index (χ1v) is 4.04. The lowest BCUT2D eigenvalue weighted by atomic mass is 10.3. The van der Waals surface area contributed by atoms with Crippen molar-refractivity contribution in [1.82, 2.24) is 4.90 Å². The van der Waals surface area contributed by atoms with Gasteiger partial charge in [-0.15, -0.1) is 0 Å². The van der Waals surface area contributed by atoms with Crippen molar-refractivity contribution in [3.63, 3.8) is 0 Å². The number of nitrogens with zero attached hydrogens (tertiary/aromatic N) is 1. The molecule has 1 N–H and O–H groups in total. The molecule has 5 heteroatoms. The summed E-state index contributed by atoms with van der Waals surface area (Å²) in [4.78, 5) is 32.9. The number of hydrogen-bond donors (Lipinski definition) is 1. The molecule has 2 amide bonds. The Labute approximate surface area is 75.3 Å². The summed E-state index contributed by atoms with van der Waals surface area (Å²) in [5.74, 6) is -0.931. The number of aliphatic hydroxyl groups is 1. The molecule has 1 aliphatic heterocycles. The Bertz CT molecular complexity index is 238. The number of unbranched alkanes of at least 4 members (excludes halogenated alkanes) is 1. The van der Waals surface area contributed by atoms with E-state index >= 15 is 0 Å². The molecule has 1 rings (SSSR count). The van der Waals surface area contributed by atoms with E-state index in [0.29, 0.717) is 6.42 Å². The van der Waals surface area contributed by atoms with Gasteiger partial charge in [0.1, 0.15) is 6.10 Å². The smallest absolute Gasteiger partial charge is 0.258 e. The Balaban J connectivity index is 2.44. The fraction of sp³-hybridized carbons (Fsp3) is 0.625. The summed E-state index contributed by atoms with van der Waals surface area (Å²) in [5.41, 5.74) is 0. The molecule has 0 spiro atoms. The number of imide groups is 1. The van der Waals surface area contributed by atoms with Gasteiger partial charge in [0, 0.05) is 13.0 Å².